The Bertz CT molecular complexity index is 802. The van der Waals surface area contributed by atoms with E-state index in [0.29, 0.717) is 18.8 Å². The van der Waals surface area contributed by atoms with Gasteiger partial charge in [0, 0.05) is 12.1 Å². The van der Waals surface area contributed by atoms with Crippen molar-refractivity contribution in [1.82, 2.24) is 0 Å². The molecule has 0 bridgehead atoms. The van der Waals surface area contributed by atoms with Gasteiger partial charge >= 0.3 is 0 Å². The van der Waals surface area contributed by atoms with Crippen molar-refractivity contribution in [2.75, 3.05) is 0 Å². The summed E-state index contributed by atoms with van der Waals surface area (Å²) in [4.78, 5) is 0. The van der Waals surface area contributed by atoms with Gasteiger partial charge in [0.2, 0.25) is 11.9 Å². The molecule has 0 aliphatic rings. The fraction of sp³-hybridized carbons (Fsp3) is 0.100. The van der Waals surface area contributed by atoms with Crippen molar-refractivity contribution < 1.29 is 14.5 Å². The zero-order chi connectivity index (χ0) is 16.6. The van der Waals surface area contributed by atoms with E-state index in [2.05, 4.69) is 5.10 Å². The minimum atomic E-state index is -0.281. The lowest BCUT2D eigenvalue weighted by atomic mass is 10.2. The summed E-state index contributed by atoms with van der Waals surface area (Å²) in [6, 6.07) is 24.6. The molecule has 3 aromatic rings. The Morgan fingerprint density at radius 2 is 1.50 bits per heavy atom. The highest BCUT2D eigenvalue weighted by Crippen LogP contribution is 2.03. The molecule has 3 rings (SSSR count). The van der Waals surface area contributed by atoms with E-state index in [4.69, 9.17) is 4.74 Å². The molecule has 4 nitrogen and oxygen atoms in total. The van der Waals surface area contributed by atoms with Crippen molar-refractivity contribution in [3.8, 4) is 0 Å². The Balaban J connectivity index is 1.71. The molecule has 1 aromatic heterocycles. The van der Waals surface area contributed by atoms with Crippen LogP contribution in [0.3, 0.4) is 0 Å². The van der Waals surface area contributed by atoms with Crippen LogP contribution in [-0.2, 0) is 18.0 Å². The van der Waals surface area contributed by atoms with Gasteiger partial charge in [-0.05, 0) is 22.3 Å². The zero-order valence-corrected chi connectivity index (χ0v) is 13.2. The van der Waals surface area contributed by atoms with Crippen molar-refractivity contribution in [2.24, 2.45) is 5.10 Å². The summed E-state index contributed by atoms with van der Waals surface area (Å²) in [6.07, 6.45) is 1.75. The van der Waals surface area contributed by atoms with Crippen molar-refractivity contribution in [3.63, 3.8) is 0 Å². The summed E-state index contributed by atoms with van der Waals surface area (Å²) >= 11 is 0. The molecule has 4 heteroatoms. The fourth-order valence-corrected chi connectivity index (χ4v) is 2.27. The van der Waals surface area contributed by atoms with Crippen molar-refractivity contribution >= 4 is 5.90 Å². The molecule has 24 heavy (non-hydrogen) atoms. The maximum Gasteiger partial charge on any atom is 0.240 e. The highest BCUT2D eigenvalue weighted by molar-refractivity contribution is 5.89. The molecule has 0 N–H and O–H groups in total. The van der Waals surface area contributed by atoms with Crippen LogP contribution in [0.15, 0.2) is 90.2 Å². The average Bonchev–Trinajstić information content (AvgIpc) is 2.65. The monoisotopic (exact) mass is 318 g/mol. The lowest BCUT2D eigenvalue weighted by Crippen LogP contribution is -2.37. The van der Waals surface area contributed by atoms with Crippen molar-refractivity contribution in [1.29, 1.82) is 0 Å². The largest absolute Gasteiger partial charge is 0.854 e. The predicted octanol–water partition coefficient (Wildman–Crippen LogP) is 2.26. The molecule has 0 aliphatic carbocycles. The van der Waals surface area contributed by atoms with Gasteiger partial charge in [0.1, 0.15) is 6.61 Å². The lowest BCUT2D eigenvalue weighted by molar-refractivity contribution is -0.691. The average molecular weight is 318 g/mol. The number of pyridine rings is 1. The lowest BCUT2D eigenvalue weighted by Gasteiger charge is -2.07. The normalized spacial score (nSPS) is 11.4. The summed E-state index contributed by atoms with van der Waals surface area (Å²) in [6.45, 7) is 0.893. The van der Waals surface area contributed by atoms with Crippen LogP contribution in [-0.4, -0.2) is 5.90 Å². The summed E-state index contributed by atoms with van der Waals surface area (Å²) < 4.78 is 7.31. The minimum Gasteiger partial charge on any atom is -0.854 e. The van der Waals surface area contributed by atoms with Crippen LogP contribution in [0.5, 0.6) is 0 Å². The zero-order valence-electron chi connectivity index (χ0n) is 13.2. The van der Waals surface area contributed by atoms with Gasteiger partial charge in [-0.25, -0.2) is 0 Å². The molecule has 1 heterocycles. The van der Waals surface area contributed by atoms with Crippen LogP contribution in [0.1, 0.15) is 16.8 Å². The maximum atomic E-state index is 12.2. The third-order valence-electron chi connectivity index (χ3n) is 3.50. The van der Waals surface area contributed by atoms with Gasteiger partial charge in [0.15, 0.2) is 0 Å². The molecule has 0 saturated carbocycles. The third-order valence-corrected chi connectivity index (χ3v) is 3.50. The molecular formula is C20H18N2O2. The second-order valence-electron chi connectivity index (χ2n) is 5.29. The van der Waals surface area contributed by atoms with Gasteiger partial charge in [-0.3, -0.25) is 0 Å². The second-order valence-corrected chi connectivity index (χ2v) is 5.29. The summed E-state index contributed by atoms with van der Waals surface area (Å²) in [7, 11) is 0. The van der Waals surface area contributed by atoms with Crippen LogP contribution < -0.4 is 9.78 Å². The Morgan fingerprint density at radius 3 is 2.25 bits per heavy atom. The Hall–Kier alpha value is -2.98. The van der Waals surface area contributed by atoms with Crippen LogP contribution >= 0.6 is 0 Å². The Labute approximate surface area is 141 Å². The molecular weight excluding hydrogens is 300 g/mol. The molecule has 2 aromatic carbocycles. The highest BCUT2D eigenvalue weighted by Gasteiger charge is 2.09. The predicted molar refractivity (Wildman–Crippen MR) is 89.9 cm³/mol. The molecule has 0 amide bonds. The second kappa shape index (κ2) is 8.04. The summed E-state index contributed by atoms with van der Waals surface area (Å²) in [5.41, 5.74) is 2.49. The molecule has 0 fully saturated rings. The van der Waals surface area contributed by atoms with Crippen LogP contribution in [0, 0.1) is 0 Å². The quantitative estimate of drug-likeness (QED) is 0.398. The number of hydrogen-bond acceptors (Lipinski definition) is 3. The molecule has 0 atom stereocenters. The van der Waals surface area contributed by atoms with E-state index in [1.54, 1.807) is 23.0 Å². The minimum absolute atomic E-state index is 0.281. The first kappa shape index (κ1) is 15.9. The first-order chi connectivity index (χ1) is 11.8. The number of nitrogens with zero attached hydrogens (tertiary/aromatic N) is 2. The van der Waals surface area contributed by atoms with E-state index in [-0.39, 0.29) is 5.90 Å². The summed E-state index contributed by atoms with van der Waals surface area (Å²) in [5, 5.41) is 16.4. The third kappa shape index (κ3) is 4.27. The molecule has 0 aliphatic heterocycles. The smallest absolute Gasteiger partial charge is 0.240 e. The molecule has 120 valence electrons. The van der Waals surface area contributed by atoms with E-state index in [1.165, 1.54) is 0 Å². The Kier molecular flexibility index (Phi) is 5.32. The topological polar surface area (TPSA) is 48.5 Å². The molecule has 0 saturated heterocycles. The van der Waals surface area contributed by atoms with Crippen LogP contribution in [0.2, 0.25) is 0 Å². The van der Waals surface area contributed by atoms with Crippen molar-refractivity contribution in [2.45, 2.75) is 13.2 Å². The van der Waals surface area contributed by atoms with E-state index in [9.17, 15) is 5.11 Å². The van der Waals surface area contributed by atoms with Crippen LogP contribution in [0.4, 0.5) is 0 Å². The Morgan fingerprint density at radius 1 is 0.833 bits per heavy atom. The van der Waals surface area contributed by atoms with Gasteiger partial charge in [0.25, 0.3) is 0 Å². The molecule has 0 spiro atoms. The van der Waals surface area contributed by atoms with Gasteiger partial charge < -0.3 is 9.84 Å². The number of rotatable bonds is 6. The fourth-order valence-electron chi connectivity index (χ4n) is 2.27. The molecule has 0 radical (unpaired) electrons. The van der Waals surface area contributed by atoms with E-state index in [0.717, 1.165) is 11.3 Å². The van der Waals surface area contributed by atoms with E-state index >= 15 is 0 Å². The van der Waals surface area contributed by atoms with E-state index in [1.807, 2.05) is 66.7 Å². The number of aromatic nitrogens is 1. The summed E-state index contributed by atoms with van der Waals surface area (Å²) in [5.74, 6) is -0.281. The van der Waals surface area contributed by atoms with Gasteiger partial charge in [-0.15, -0.1) is 0 Å². The van der Waals surface area contributed by atoms with Crippen LogP contribution in [0.25, 0.3) is 0 Å². The first-order valence-corrected chi connectivity index (χ1v) is 7.75. The SMILES string of the molecule is [O-]/C(=N/[n+]1ccccc1COCc1ccccc1)c1ccccc1. The highest BCUT2D eigenvalue weighted by atomic mass is 16.5. The number of benzene rings is 2. The molecule has 0 unspecified atom stereocenters. The van der Waals surface area contributed by atoms with Gasteiger partial charge in [0.05, 0.1) is 12.5 Å². The van der Waals surface area contributed by atoms with Gasteiger partial charge in [-0.1, -0.05) is 65.3 Å². The van der Waals surface area contributed by atoms with Gasteiger partial charge in [-0.2, -0.15) is 0 Å². The standard InChI is InChI=1S/C20H18N2O2/c23-20(18-11-5-2-6-12-18)21-22-14-8-7-13-19(22)16-24-15-17-9-3-1-4-10-17/h1-14H,15-16H2. The maximum absolute atomic E-state index is 12.2. The first-order valence-electron chi connectivity index (χ1n) is 7.75. The number of ether oxygens (including phenoxy) is 1. The number of hydrogen-bond donors (Lipinski definition) is 0. The van der Waals surface area contributed by atoms with Crippen molar-refractivity contribution in [3.05, 3.63) is 102 Å². The van der Waals surface area contributed by atoms with E-state index < -0.39 is 0 Å².